The molecule has 17 nitrogen and oxygen atoms in total. The van der Waals surface area contributed by atoms with Gasteiger partial charge >= 0.3 is 0 Å². The maximum atomic E-state index is 14.4. The molecule has 5 aromatic carbocycles. The Morgan fingerprint density at radius 1 is 0.720 bits per heavy atom. The second-order valence-corrected chi connectivity index (χ2v) is 23.8. The first kappa shape index (κ1) is 53.6. The van der Waals surface area contributed by atoms with Crippen LogP contribution in [0.3, 0.4) is 0 Å². The topological polar surface area (TPSA) is 187 Å². The molecule has 3 atom stereocenters. The number of nitrogens with one attached hydrogen (secondary N) is 2. The molecule has 75 heavy (non-hydrogen) atoms. The van der Waals surface area contributed by atoms with Crippen LogP contribution in [0, 0.1) is 0 Å². The van der Waals surface area contributed by atoms with E-state index in [9.17, 15) is 22.6 Å². The van der Waals surface area contributed by atoms with E-state index in [0.29, 0.717) is 86.4 Å². The molecule has 0 spiro atoms. The van der Waals surface area contributed by atoms with Gasteiger partial charge in [-0.25, -0.2) is 0 Å². The number of amides is 2. The van der Waals surface area contributed by atoms with Crippen molar-refractivity contribution in [2.24, 2.45) is 0 Å². The van der Waals surface area contributed by atoms with Gasteiger partial charge in [0.15, 0.2) is 28.4 Å². The van der Waals surface area contributed by atoms with Gasteiger partial charge in [-0.15, -0.1) is 0 Å². The highest BCUT2D eigenvalue weighted by Crippen LogP contribution is 2.44. The van der Waals surface area contributed by atoms with Crippen LogP contribution in [-0.4, -0.2) is 126 Å². The number of hydrogen-bond acceptors (Lipinski definition) is 15. The van der Waals surface area contributed by atoms with Crippen molar-refractivity contribution in [2.75, 3.05) is 99.3 Å². The van der Waals surface area contributed by atoms with Crippen LogP contribution in [0.25, 0.3) is 0 Å². The van der Waals surface area contributed by atoms with Crippen molar-refractivity contribution in [3.05, 3.63) is 124 Å². The van der Waals surface area contributed by atoms with E-state index in [0.717, 1.165) is 40.0 Å². The number of nitrogens with zero attached hydrogens (tertiary/aromatic N) is 3. The number of fused-ring (bicyclic) bond motifs is 8. The fraction of sp³-hybridized carbons (Fsp3) is 0.429. The second kappa shape index (κ2) is 22.9. The third kappa shape index (κ3) is 11.9. The fourth-order valence-electron chi connectivity index (χ4n) is 10.6. The summed E-state index contributed by atoms with van der Waals surface area (Å²) in [4.78, 5) is 34.3. The van der Waals surface area contributed by atoms with Gasteiger partial charge in [0.1, 0.15) is 13.2 Å². The predicted molar refractivity (Wildman–Crippen MR) is 293 cm³/mol. The monoisotopic (exact) mass is 1070 g/mol. The minimum atomic E-state index is -4.72. The zero-order chi connectivity index (χ0) is 53.0. The van der Waals surface area contributed by atoms with Crippen LogP contribution >= 0.6 is 11.8 Å². The normalized spacial score (nSPS) is 17.6. The number of para-hydroxylation sites is 2. The molecule has 5 aromatic rings. The lowest BCUT2D eigenvalue weighted by Crippen LogP contribution is -2.49. The number of thioether (sulfide) groups is 1. The quantitative estimate of drug-likeness (QED) is 0.0417. The summed E-state index contributed by atoms with van der Waals surface area (Å²) in [5.74, 6) is 0.813. The molecule has 0 saturated carbocycles. The number of benzene rings is 5. The Kier molecular flexibility index (Phi) is 16.4. The molecule has 0 bridgehead atoms. The van der Waals surface area contributed by atoms with Crippen LogP contribution < -0.4 is 44.3 Å². The lowest BCUT2D eigenvalue weighted by molar-refractivity contribution is 0.0264. The van der Waals surface area contributed by atoms with Crippen LogP contribution in [0.1, 0.15) is 70.7 Å². The van der Waals surface area contributed by atoms with Crippen molar-refractivity contribution < 1.29 is 55.7 Å². The predicted octanol–water partition coefficient (Wildman–Crippen LogP) is 8.48. The van der Waals surface area contributed by atoms with Crippen molar-refractivity contribution in [2.45, 2.75) is 81.2 Å². The number of carbonyl (C=O) groups is 2. The molecule has 4 heterocycles. The van der Waals surface area contributed by atoms with Crippen molar-refractivity contribution in [3.63, 3.8) is 0 Å². The summed E-state index contributed by atoms with van der Waals surface area (Å²) >= 11 is 1.89. The standard InChI is InChI=1S/C56H67N5O12S2/c1-35(2)74-56(3,4)34-59(16-17-70-20-21-71-19-18-67-5)40-23-36(32-72-51-29-44-42(27-49(51)68-6)54(62)60-41(31-57-44)25-38-12-8-10-14-46(38)60)22-37(24-40)33-73-52-30-45-43(28-50(52)69-7)55(63)61-47-15-11-9-13-39(47)26-48(61)53(58-45)75(64,65)66/h8-15,22-24,27-30,35,41,48,53,57-58H,16-21,25-26,31-34H2,1-7H3,(H,64,65,66)/t41-,48-,53?/m0/s1. The highest BCUT2D eigenvalue weighted by atomic mass is 32.2. The molecule has 19 heteroatoms. The van der Waals surface area contributed by atoms with Gasteiger partial charge in [0, 0.05) is 60.7 Å². The Bertz CT molecular complexity index is 3010. The molecule has 0 aromatic heterocycles. The van der Waals surface area contributed by atoms with Crippen LogP contribution in [0.5, 0.6) is 23.0 Å². The Balaban J connectivity index is 1.03. The Labute approximate surface area is 443 Å². The minimum absolute atomic E-state index is 0.0239. The van der Waals surface area contributed by atoms with Crippen molar-refractivity contribution in [1.82, 2.24) is 0 Å². The van der Waals surface area contributed by atoms with Crippen LogP contribution in [0.2, 0.25) is 0 Å². The number of anilines is 5. The van der Waals surface area contributed by atoms with Gasteiger partial charge in [-0.3, -0.25) is 14.1 Å². The van der Waals surface area contributed by atoms with E-state index < -0.39 is 27.4 Å². The molecule has 0 aliphatic carbocycles. The Hall–Kier alpha value is -6.22. The van der Waals surface area contributed by atoms with E-state index in [1.165, 1.54) is 18.1 Å². The highest BCUT2D eigenvalue weighted by Gasteiger charge is 2.47. The van der Waals surface area contributed by atoms with E-state index in [1.54, 1.807) is 38.5 Å². The van der Waals surface area contributed by atoms with Crippen molar-refractivity contribution in [3.8, 4) is 23.0 Å². The minimum Gasteiger partial charge on any atom is -0.493 e. The molecule has 9 rings (SSSR count). The lowest BCUT2D eigenvalue weighted by atomic mass is 10.1. The molecule has 1 unspecified atom stereocenters. The summed E-state index contributed by atoms with van der Waals surface area (Å²) < 4.78 is 78.4. The average Bonchev–Trinajstić information content (AvgIpc) is 3.90. The largest absolute Gasteiger partial charge is 0.493 e. The van der Waals surface area contributed by atoms with E-state index in [2.05, 4.69) is 61.4 Å². The number of hydrogen-bond donors (Lipinski definition) is 3. The molecule has 2 amide bonds. The molecule has 400 valence electrons. The fourth-order valence-corrected chi connectivity index (χ4v) is 13.0. The van der Waals surface area contributed by atoms with Crippen molar-refractivity contribution in [1.29, 1.82) is 0 Å². The summed E-state index contributed by atoms with van der Waals surface area (Å²) in [6.07, 6.45) is 0.977. The number of carbonyl (C=O) groups excluding carboxylic acids is 2. The molecular weight excluding hydrogens is 999 g/mol. The van der Waals surface area contributed by atoms with Gasteiger partial charge in [-0.05, 0) is 96.7 Å². The van der Waals surface area contributed by atoms with E-state index >= 15 is 0 Å². The number of ether oxygens (including phenoxy) is 7. The van der Waals surface area contributed by atoms with Gasteiger partial charge in [0.2, 0.25) is 0 Å². The molecule has 3 N–H and O–H groups in total. The number of methoxy groups -OCH3 is 3. The van der Waals surface area contributed by atoms with Gasteiger partial charge in [0.05, 0.1) is 81.8 Å². The van der Waals surface area contributed by atoms with E-state index in [-0.39, 0.29) is 59.1 Å². The zero-order valence-electron chi connectivity index (χ0n) is 43.6. The maximum absolute atomic E-state index is 14.4. The summed E-state index contributed by atoms with van der Waals surface area (Å²) in [5.41, 5.74) is 7.40. The van der Waals surface area contributed by atoms with Crippen LogP contribution in [-0.2, 0) is 50.4 Å². The van der Waals surface area contributed by atoms with Gasteiger partial charge in [0.25, 0.3) is 21.9 Å². The molecular formula is C56H67N5O12S2. The smallest absolute Gasteiger partial charge is 0.288 e. The summed E-state index contributed by atoms with van der Waals surface area (Å²) in [6, 6.07) is 27.1. The van der Waals surface area contributed by atoms with Crippen LogP contribution in [0.4, 0.5) is 28.4 Å². The lowest BCUT2D eigenvalue weighted by Gasteiger charge is -2.35. The average molecular weight is 1070 g/mol. The second-order valence-electron chi connectivity index (χ2n) is 19.9. The van der Waals surface area contributed by atoms with Gasteiger partial charge in [-0.2, -0.15) is 20.2 Å². The third-order valence-electron chi connectivity index (χ3n) is 13.7. The first-order chi connectivity index (χ1) is 36.0. The van der Waals surface area contributed by atoms with Gasteiger partial charge < -0.3 is 58.5 Å². The Morgan fingerprint density at radius 2 is 1.28 bits per heavy atom. The highest BCUT2D eigenvalue weighted by molar-refractivity contribution is 8.01. The molecule has 0 saturated heterocycles. The van der Waals surface area contributed by atoms with Crippen molar-refractivity contribution >= 4 is 62.1 Å². The first-order valence-electron chi connectivity index (χ1n) is 25.2. The molecule has 0 radical (unpaired) electrons. The van der Waals surface area contributed by atoms with E-state index in [4.69, 9.17) is 33.2 Å². The van der Waals surface area contributed by atoms with Gasteiger partial charge in [-0.1, -0.05) is 50.2 Å². The summed E-state index contributed by atoms with van der Waals surface area (Å²) in [6.45, 7) is 13.1. The Morgan fingerprint density at radius 3 is 1.89 bits per heavy atom. The third-order valence-corrected chi connectivity index (χ3v) is 16.0. The molecule has 0 fully saturated rings. The summed E-state index contributed by atoms with van der Waals surface area (Å²) in [7, 11) is -0.0495. The van der Waals surface area contributed by atoms with Crippen LogP contribution in [0.15, 0.2) is 91.0 Å². The molecule has 4 aliphatic heterocycles. The number of rotatable bonds is 23. The van der Waals surface area contributed by atoms with E-state index in [1.807, 2.05) is 59.1 Å². The zero-order valence-corrected chi connectivity index (χ0v) is 45.2. The SMILES string of the molecule is COCCOCCOCCN(CC(C)(C)SC(C)C)c1cc(COc2cc3c(cc2OC)C(=O)N2c4ccccc4C[C@H]2CN3)cc(COc2cc3c(cc2OC)C(=O)N2c4ccccc4C[C@H]2C(S(=O)(=O)O)N3)c1. The molecule has 4 aliphatic rings. The maximum Gasteiger partial charge on any atom is 0.288 e. The summed E-state index contributed by atoms with van der Waals surface area (Å²) in [5, 5.41) is 5.36. The first-order valence-corrected chi connectivity index (χ1v) is 27.6.